The van der Waals surface area contributed by atoms with Gasteiger partial charge in [-0.2, -0.15) is 0 Å². The first-order valence-corrected chi connectivity index (χ1v) is 10.3. The first-order chi connectivity index (χ1) is 9.04. The molecule has 1 heterocycles. The molecule has 0 radical (unpaired) electrons. The van der Waals surface area contributed by atoms with Crippen molar-refractivity contribution in [2.24, 2.45) is 0 Å². The Hall–Kier alpha value is -0.970. The van der Waals surface area contributed by atoms with Crippen molar-refractivity contribution in [2.45, 2.75) is 15.4 Å². The highest BCUT2D eigenvalue weighted by Gasteiger charge is 2.48. The van der Waals surface area contributed by atoms with Gasteiger partial charge in [-0.05, 0) is 12.1 Å². The molecule has 1 fully saturated rings. The highest BCUT2D eigenvalue weighted by molar-refractivity contribution is 7.99. The van der Waals surface area contributed by atoms with E-state index >= 15 is 0 Å². The molecule has 10 heteroatoms. The van der Waals surface area contributed by atoms with Gasteiger partial charge in [-0.25, -0.2) is 25.3 Å². The van der Waals surface area contributed by atoms with E-state index in [2.05, 4.69) is 0 Å². The molecule has 0 bridgehead atoms. The SMILES string of the molecule is O=S1(=O)C[C@@H](S(=O)(=O)[O-])[C@H](S(=O)(=O)c2ccccc2)C1. The minimum atomic E-state index is -5.02. The summed E-state index contributed by atoms with van der Waals surface area (Å²) in [7, 11) is -13.1. The molecule has 2 atom stereocenters. The van der Waals surface area contributed by atoms with Gasteiger partial charge in [0.05, 0.1) is 37.0 Å². The molecule has 0 amide bonds. The van der Waals surface area contributed by atoms with E-state index < -0.39 is 51.8 Å². The first-order valence-electron chi connectivity index (χ1n) is 5.48. The second-order valence-corrected chi connectivity index (χ2v) is 10.4. The number of benzene rings is 1. The maximum Gasteiger partial charge on any atom is 0.183 e. The van der Waals surface area contributed by atoms with Crippen LogP contribution in [0.25, 0.3) is 0 Å². The molecule has 0 unspecified atom stereocenters. The third kappa shape index (κ3) is 2.87. The van der Waals surface area contributed by atoms with Gasteiger partial charge in [0.1, 0.15) is 0 Å². The minimum absolute atomic E-state index is 0.198. The van der Waals surface area contributed by atoms with Crippen LogP contribution in [0, 0.1) is 0 Å². The van der Waals surface area contributed by atoms with Crippen LogP contribution in [-0.2, 0) is 29.8 Å². The summed E-state index contributed by atoms with van der Waals surface area (Å²) in [4.78, 5) is -0.198. The smallest absolute Gasteiger partial charge is 0.183 e. The number of sulfone groups is 2. The fourth-order valence-electron chi connectivity index (χ4n) is 2.13. The van der Waals surface area contributed by atoms with E-state index in [4.69, 9.17) is 0 Å². The lowest BCUT2D eigenvalue weighted by molar-refractivity contribution is 0.450. The van der Waals surface area contributed by atoms with Crippen molar-refractivity contribution in [3.8, 4) is 0 Å². The lowest BCUT2D eigenvalue weighted by atomic mass is 10.4. The molecule has 1 aliphatic heterocycles. The van der Waals surface area contributed by atoms with Gasteiger partial charge in [0, 0.05) is 0 Å². The van der Waals surface area contributed by atoms with Gasteiger partial charge < -0.3 is 4.55 Å². The highest BCUT2D eigenvalue weighted by Crippen LogP contribution is 2.29. The van der Waals surface area contributed by atoms with Crippen molar-refractivity contribution in [3.63, 3.8) is 0 Å². The van der Waals surface area contributed by atoms with E-state index in [0.717, 1.165) is 0 Å². The van der Waals surface area contributed by atoms with E-state index in [-0.39, 0.29) is 4.90 Å². The summed E-state index contributed by atoms with van der Waals surface area (Å²) in [5.41, 5.74) is 0. The van der Waals surface area contributed by atoms with Crippen LogP contribution in [0.15, 0.2) is 35.2 Å². The summed E-state index contributed by atoms with van der Waals surface area (Å²) in [5.74, 6) is -1.80. The predicted octanol–water partition coefficient (Wildman–Crippen LogP) is -0.829. The molecule has 1 aliphatic rings. The number of rotatable bonds is 3. The highest BCUT2D eigenvalue weighted by atomic mass is 32.2. The maximum absolute atomic E-state index is 12.3. The maximum atomic E-state index is 12.3. The summed E-state index contributed by atoms with van der Waals surface area (Å²) in [6.45, 7) is 0. The Morgan fingerprint density at radius 2 is 1.45 bits per heavy atom. The molecule has 0 N–H and O–H groups in total. The molecule has 1 saturated heterocycles. The summed E-state index contributed by atoms with van der Waals surface area (Å²) in [6, 6.07) is 6.88. The Kier molecular flexibility index (Phi) is 3.70. The van der Waals surface area contributed by atoms with Crippen LogP contribution in [0.1, 0.15) is 0 Å². The molecule has 0 saturated carbocycles. The monoisotopic (exact) mass is 339 g/mol. The standard InChI is InChI=1S/C10H12O7S3/c11-18(12)6-9(10(7-18)20(15,16)17)19(13,14)8-4-2-1-3-5-8/h1-5,9-10H,6-7H2,(H,15,16,17)/p-1/t9-,10-/m1/s1. The molecule has 0 aromatic heterocycles. The number of hydrogen-bond donors (Lipinski definition) is 0. The lowest BCUT2D eigenvalue weighted by Gasteiger charge is -2.21. The van der Waals surface area contributed by atoms with Gasteiger partial charge >= 0.3 is 0 Å². The molecule has 112 valence electrons. The molecule has 0 aliphatic carbocycles. The van der Waals surface area contributed by atoms with Gasteiger partial charge in [0.15, 0.2) is 19.7 Å². The summed E-state index contributed by atoms with van der Waals surface area (Å²) in [6.07, 6.45) is 0. The van der Waals surface area contributed by atoms with Crippen molar-refractivity contribution in [2.75, 3.05) is 11.5 Å². The van der Waals surface area contributed by atoms with Crippen LogP contribution in [-0.4, -0.2) is 51.8 Å². The molecule has 7 nitrogen and oxygen atoms in total. The minimum Gasteiger partial charge on any atom is -0.748 e. The Morgan fingerprint density at radius 1 is 0.950 bits per heavy atom. The fraction of sp³-hybridized carbons (Fsp3) is 0.400. The first kappa shape index (κ1) is 15.4. The van der Waals surface area contributed by atoms with Crippen LogP contribution in [0.3, 0.4) is 0 Å². The van der Waals surface area contributed by atoms with Gasteiger partial charge in [-0.1, -0.05) is 18.2 Å². The van der Waals surface area contributed by atoms with Crippen molar-refractivity contribution in [3.05, 3.63) is 30.3 Å². The Morgan fingerprint density at radius 3 is 1.95 bits per heavy atom. The molecule has 1 aromatic rings. The third-order valence-electron chi connectivity index (χ3n) is 3.09. The largest absolute Gasteiger partial charge is 0.748 e. The van der Waals surface area contributed by atoms with Crippen molar-refractivity contribution >= 4 is 29.8 Å². The predicted molar refractivity (Wildman–Crippen MR) is 69.6 cm³/mol. The third-order valence-corrected chi connectivity index (χ3v) is 8.88. The van der Waals surface area contributed by atoms with Crippen molar-refractivity contribution in [1.82, 2.24) is 0 Å². The van der Waals surface area contributed by atoms with Crippen LogP contribution < -0.4 is 0 Å². The van der Waals surface area contributed by atoms with E-state index in [1.807, 2.05) is 0 Å². The van der Waals surface area contributed by atoms with E-state index in [9.17, 15) is 29.8 Å². The van der Waals surface area contributed by atoms with E-state index in [1.54, 1.807) is 6.07 Å². The summed E-state index contributed by atoms with van der Waals surface area (Å²) >= 11 is 0. The van der Waals surface area contributed by atoms with Crippen LogP contribution in [0.4, 0.5) is 0 Å². The quantitative estimate of drug-likeness (QED) is 0.658. The van der Waals surface area contributed by atoms with Crippen molar-refractivity contribution in [1.29, 1.82) is 0 Å². The van der Waals surface area contributed by atoms with Crippen LogP contribution >= 0.6 is 0 Å². The molecular weight excluding hydrogens is 328 g/mol. The molecular formula is C10H11O7S3-. The average Bonchev–Trinajstić information content (AvgIpc) is 2.67. The molecule has 1 aromatic carbocycles. The van der Waals surface area contributed by atoms with Gasteiger partial charge in [0.2, 0.25) is 0 Å². The topological polar surface area (TPSA) is 125 Å². The van der Waals surface area contributed by atoms with Crippen LogP contribution in [0.5, 0.6) is 0 Å². The zero-order chi connectivity index (χ0) is 15.2. The molecule has 2 rings (SSSR count). The summed E-state index contributed by atoms with van der Waals surface area (Å²) < 4.78 is 81.0. The fourth-order valence-corrected chi connectivity index (χ4v) is 9.30. The molecule has 20 heavy (non-hydrogen) atoms. The Balaban J connectivity index is 2.56. The average molecular weight is 339 g/mol. The van der Waals surface area contributed by atoms with Gasteiger partial charge in [-0.3, -0.25) is 0 Å². The second-order valence-electron chi connectivity index (χ2n) is 4.50. The van der Waals surface area contributed by atoms with Gasteiger partial charge in [-0.15, -0.1) is 0 Å². The second kappa shape index (κ2) is 4.79. The Labute approximate surface area is 117 Å². The van der Waals surface area contributed by atoms with Crippen molar-refractivity contribution < 1.29 is 29.8 Å². The summed E-state index contributed by atoms with van der Waals surface area (Å²) in [5, 5.41) is -3.71. The van der Waals surface area contributed by atoms with E-state index in [1.165, 1.54) is 24.3 Å². The zero-order valence-electron chi connectivity index (χ0n) is 10.0. The lowest BCUT2D eigenvalue weighted by Crippen LogP contribution is -2.38. The zero-order valence-corrected chi connectivity index (χ0v) is 12.5. The molecule has 0 spiro atoms. The van der Waals surface area contributed by atoms with E-state index in [0.29, 0.717) is 0 Å². The normalized spacial score (nSPS) is 26.4. The number of hydrogen-bond acceptors (Lipinski definition) is 7. The van der Waals surface area contributed by atoms with Crippen LogP contribution in [0.2, 0.25) is 0 Å². The van der Waals surface area contributed by atoms with Gasteiger partial charge in [0.25, 0.3) is 0 Å². The Bertz CT molecular complexity index is 807.